The summed E-state index contributed by atoms with van der Waals surface area (Å²) >= 11 is 6.28. The van der Waals surface area contributed by atoms with E-state index in [1.54, 1.807) is 6.07 Å². The van der Waals surface area contributed by atoms with Gasteiger partial charge in [-0.05, 0) is 53.6 Å². The van der Waals surface area contributed by atoms with Gasteiger partial charge in [0, 0.05) is 25.2 Å². The summed E-state index contributed by atoms with van der Waals surface area (Å²) in [5, 5.41) is 22.7. The first-order valence-electron chi connectivity index (χ1n) is 9.66. The van der Waals surface area contributed by atoms with Crippen LogP contribution in [0.3, 0.4) is 0 Å². The Morgan fingerprint density at radius 3 is 2.62 bits per heavy atom. The van der Waals surface area contributed by atoms with Crippen LogP contribution in [0.25, 0.3) is 10.8 Å². The van der Waals surface area contributed by atoms with Gasteiger partial charge in [0.1, 0.15) is 0 Å². The fraction of sp³-hybridized carbons (Fsp3) is 0.261. The van der Waals surface area contributed by atoms with E-state index in [0.29, 0.717) is 16.5 Å². The van der Waals surface area contributed by atoms with Crippen LogP contribution in [0, 0.1) is 27.4 Å². The molecule has 4 rings (SSSR count). The molecule has 1 fully saturated rings. The van der Waals surface area contributed by atoms with Gasteiger partial charge in [0.15, 0.2) is 0 Å². The maximum Gasteiger partial charge on any atom is 0.271 e. The summed E-state index contributed by atoms with van der Waals surface area (Å²) in [6.45, 7) is 1.77. The van der Waals surface area contributed by atoms with E-state index in [4.69, 9.17) is 11.6 Å². The van der Waals surface area contributed by atoms with Gasteiger partial charge in [-0.25, -0.2) is 0 Å². The largest absolute Gasteiger partial charge is 0.370 e. The molecular weight excluding hydrogens is 386 g/mol. The zero-order chi connectivity index (χ0) is 20.4. The zero-order valence-electron chi connectivity index (χ0n) is 15.8. The third-order valence-corrected chi connectivity index (χ3v) is 5.99. The number of rotatable bonds is 4. The highest BCUT2D eigenvalue weighted by atomic mass is 35.5. The molecule has 0 atom stereocenters. The van der Waals surface area contributed by atoms with E-state index in [9.17, 15) is 15.4 Å². The van der Waals surface area contributed by atoms with Crippen molar-refractivity contribution in [1.82, 2.24) is 0 Å². The Morgan fingerprint density at radius 2 is 1.93 bits per heavy atom. The molecule has 1 saturated heterocycles. The van der Waals surface area contributed by atoms with Gasteiger partial charge in [0.05, 0.1) is 27.3 Å². The smallest absolute Gasteiger partial charge is 0.271 e. The minimum Gasteiger partial charge on any atom is -0.370 e. The van der Waals surface area contributed by atoms with E-state index < -0.39 is 4.92 Å². The van der Waals surface area contributed by atoms with Crippen molar-refractivity contribution in [3.63, 3.8) is 0 Å². The molecule has 29 heavy (non-hydrogen) atoms. The Labute approximate surface area is 174 Å². The molecule has 0 unspecified atom stereocenters. The Kier molecular flexibility index (Phi) is 5.37. The van der Waals surface area contributed by atoms with Gasteiger partial charge in [0.2, 0.25) is 0 Å². The van der Waals surface area contributed by atoms with Crippen LogP contribution in [0.1, 0.15) is 24.0 Å². The van der Waals surface area contributed by atoms with Crippen LogP contribution in [0.5, 0.6) is 0 Å². The molecule has 1 aliphatic heterocycles. The number of non-ortho nitro benzene ring substituents is 1. The normalized spacial score (nSPS) is 14.7. The lowest BCUT2D eigenvalue weighted by Gasteiger charge is -2.34. The first-order valence-corrected chi connectivity index (χ1v) is 10.0. The molecular formula is C23H20ClN3O2. The summed E-state index contributed by atoms with van der Waals surface area (Å²) in [6, 6.07) is 19.1. The lowest BCUT2D eigenvalue weighted by Crippen LogP contribution is -2.34. The Morgan fingerprint density at radius 1 is 1.14 bits per heavy atom. The van der Waals surface area contributed by atoms with Crippen LogP contribution >= 0.6 is 11.6 Å². The van der Waals surface area contributed by atoms with Crippen molar-refractivity contribution in [2.45, 2.75) is 19.3 Å². The predicted molar refractivity (Wildman–Crippen MR) is 115 cm³/mol. The van der Waals surface area contributed by atoms with Crippen molar-refractivity contribution in [3.05, 3.63) is 80.9 Å². The third-order valence-electron chi connectivity index (χ3n) is 5.69. The molecule has 6 heteroatoms. The van der Waals surface area contributed by atoms with Gasteiger partial charge in [-0.15, -0.1) is 0 Å². The zero-order valence-corrected chi connectivity index (χ0v) is 16.6. The van der Waals surface area contributed by atoms with Crippen molar-refractivity contribution >= 4 is 33.7 Å². The van der Waals surface area contributed by atoms with E-state index in [2.05, 4.69) is 35.2 Å². The van der Waals surface area contributed by atoms with Crippen LogP contribution in [0.2, 0.25) is 5.02 Å². The maximum atomic E-state index is 10.9. The standard InChI is InChI=1S/C23H20ClN3O2/c24-22-14-20(27(28)29)5-7-23(22)26-10-8-16(9-11-26)12-17-4-6-21-18(13-17)2-1-3-19(21)15-25/h1-7,13-14,16H,8-12H2. The summed E-state index contributed by atoms with van der Waals surface area (Å²) in [4.78, 5) is 12.7. The van der Waals surface area contributed by atoms with Crippen LogP contribution in [0.4, 0.5) is 11.4 Å². The lowest BCUT2D eigenvalue weighted by molar-refractivity contribution is -0.384. The van der Waals surface area contributed by atoms with Crippen molar-refractivity contribution in [3.8, 4) is 6.07 Å². The molecule has 5 nitrogen and oxygen atoms in total. The minimum atomic E-state index is -0.426. The summed E-state index contributed by atoms with van der Waals surface area (Å²) in [6.07, 6.45) is 3.10. The third kappa shape index (κ3) is 4.03. The second kappa shape index (κ2) is 8.10. The van der Waals surface area contributed by atoms with Gasteiger partial charge >= 0.3 is 0 Å². The number of fused-ring (bicyclic) bond motifs is 1. The predicted octanol–water partition coefficient (Wildman–Crippen LogP) is 5.73. The van der Waals surface area contributed by atoms with Crippen molar-refractivity contribution < 1.29 is 4.92 Å². The van der Waals surface area contributed by atoms with Crippen LogP contribution in [-0.2, 0) is 6.42 Å². The number of benzene rings is 3. The van der Waals surface area contributed by atoms with E-state index in [1.807, 2.05) is 12.1 Å². The highest BCUT2D eigenvalue weighted by Gasteiger charge is 2.22. The molecule has 0 aliphatic carbocycles. The number of nitriles is 1. The van der Waals surface area contributed by atoms with E-state index in [1.165, 1.54) is 17.7 Å². The summed E-state index contributed by atoms with van der Waals surface area (Å²) < 4.78 is 0. The minimum absolute atomic E-state index is 0.0181. The SMILES string of the molecule is N#Cc1cccc2cc(CC3CCN(c4ccc([N+](=O)[O-])cc4Cl)CC3)ccc12. The molecule has 3 aromatic rings. The molecule has 146 valence electrons. The highest BCUT2D eigenvalue weighted by molar-refractivity contribution is 6.33. The topological polar surface area (TPSA) is 70.2 Å². The summed E-state index contributed by atoms with van der Waals surface area (Å²) in [5.74, 6) is 0.583. The molecule has 1 aliphatic rings. The molecule has 0 saturated carbocycles. The van der Waals surface area contributed by atoms with E-state index in [0.717, 1.165) is 48.8 Å². The fourth-order valence-electron chi connectivity index (χ4n) is 4.13. The number of nitro benzene ring substituents is 1. The number of nitrogens with zero attached hydrogens (tertiary/aromatic N) is 3. The number of halogens is 1. The quantitative estimate of drug-likeness (QED) is 0.410. The van der Waals surface area contributed by atoms with Gasteiger partial charge < -0.3 is 4.90 Å². The first kappa shape index (κ1) is 19.2. The van der Waals surface area contributed by atoms with Crippen molar-refractivity contribution in [2.75, 3.05) is 18.0 Å². The summed E-state index contributed by atoms with van der Waals surface area (Å²) in [7, 11) is 0. The van der Waals surface area contributed by atoms with E-state index in [-0.39, 0.29) is 5.69 Å². The molecule has 0 N–H and O–H groups in total. The summed E-state index contributed by atoms with van der Waals surface area (Å²) in [5.41, 5.74) is 2.89. The molecule has 0 radical (unpaired) electrons. The van der Waals surface area contributed by atoms with Gasteiger partial charge in [-0.3, -0.25) is 10.1 Å². The van der Waals surface area contributed by atoms with Crippen LogP contribution in [0.15, 0.2) is 54.6 Å². The molecule has 0 spiro atoms. The highest BCUT2D eigenvalue weighted by Crippen LogP contribution is 2.33. The average Bonchev–Trinajstić information content (AvgIpc) is 2.73. The fourth-order valence-corrected chi connectivity index (χ4v) is 4.43. The number of piperidine rings is 1. The number of hydrogen-bond donors (Lipinski definition) is 0. The molecule has 3 aromatic carbocycles. The van der Waals surface area contributed by atoms with Gasteiger partial charge in [-0.1, -0.05) is 41.9 Å². The lowest BCUT2D eigenvalue weighted by atomic mass is 9.89. The second-order valence-corrected chi connectivity index (χ2v) is 7.91. The molecule has 0 bridgehead atoms. The molecule has 0 aromatic heterocycles. The molecule has 1 heterocycles. The Bertz CT molecular complexity index is 1110. The second-order valence-electron chi connectivity index (χ2n) is 7.50. The van der Waals surface area contributed by atoms with Gasteiger partial charge in [-0.2, -0.15) is 5.26 Å². The average molecular weight is 406 g/mol. The Balaban J connectivity index is 1.42. The van der Waals surface area contributed by atoms with Gasteiger partial charge in [0.25, 0.3) is 5.69 Å². The van der Waals surface area contributed by atoms with Crippen molar-refractivity contribution in [2.24, 2.45) is 5.92 Å². The number of anilines is 1. The monoisotopic (exact) mass is 405 g/mol. The van der Waals surface area contributed by atoms with Crippen LogP contribution < -0.4 is 4.90 Å². The maximum absolute atomic E-state index is 10.9. The number of hydrogen-bond acceptors (Lipinski definition) is 4. The number of nitro groups is 1. The Hall–Kier alpha value is -3.10. The van der Waals surface area contributed by atoms with Crippen LogP contribution in [-0.4, -0.2) is 18.0 Å². The van der Waals surface area contributed by atoms with E-state index >= 15 is 0 Å². The molecule has 0 amide bonds. The van der Waals surface area contributed by atoms with Crippen molar-refractivity contribution in [1.29, 1.82) is 5.26 Å². The first-order chi connectivity index (χ1) is 14.0.